The molecule has 1 aliphatic carbocycles. The van der Waals surface area contributed by atoms with Gasteiger partial charge in [-0.15, -0.1) is 0 Å². The molecule has 4 rings (SSSR count). The molecule has 0 saturated heterocycles. The predicted octanol–water partition coefficient (Wildman–Crippen LogP) is 6.93. The van der Waals surface area contributed by atoms with Crippen LogP contribution in [0.4, 0.5) is 35.1 Å². The first-order chi connectivity index (χ1) is 19.5. The van der Waals surface area contributed by atoms with Gasteiger partial charge in [-0.3, -0.25) is 9.59 Å². The Morgan fingerprint density at radius 2 is 1.67 bits per heavy atom. The number of rotatable bonds is 8. The van der Waals surface area contributed by atoms with Gasteiger partial charge in [-0.25, -0.2) is 13.8 Å². The monoisotopic (exact) mass is 604 g/mol. The van der Waals surface area contributed by atoms with Gasteiger partial charge >= 0.3 is 12.4 Å². The summed E-state index contributed by atoms with van der Waals surface area (Å²) >= 11 is 0. The highest BCUT2D eigenvalue weighted by molar-refractivity contribution is 5.94. The summed E-state index contributed by atoms with van der Waals surface area (Å²) in [6.45, 7) is 1.40. The van der Waals surface area contributed by atoms with E-state index in [-0.39, 0.29) is 37.2 Å². The molecule has 6 nitrogen and oxygen atoms in total. The summed E-state index contributed by atoms with van der Waals surface area (Å²) in [7, 11) is 0. The van der Waals surface area contributed by atoms with E-state index < -0.39 is 54.4 Å². The van der Waals surface area contributed by atoms with Crippen LogP contribution in [0.2, 0.25) is 0 Å². The highest BCUT2D eigenvalue weighted by Crippen LogP contribution is 2.45. The van der Waals surface area contributed by atoms with E-state index in [2.05, 4.69) is 15.3 Å². The number of nitrogens with two attached hydrogens (primary N) is 1. The lowest BCUT2D eigenvalue weighted by molar-refractivity contribution is -0.284. The Morgan fingerprint density at radius 1 is 1.05 bits per heavy atom. The average Bonchev–Trinajstić information content (AvgIpc) is 3.30. The number of carbonyl (C=O) groups excluding carboxylic acids is 2. The molecule has 42 heavy (non-hydrogen) atoms. The van der Waals surface area contributed by atoms with Crippen LogP contribution in [0, 0.1) is 11.8 Å². The molecule has 0 spiro atoms. The van der Waals surface area contributed by atoms with Crippen LogP contribution in [0.15, 0.2) is 42.5 Å². The number of imidazole rings is 1. The van der Waals surface area contributed by atoms with Crippen molar-refractivity contribution in [3.05, 3.63) is 65.0 Å². The smallest absolute Gasteiger partial charge is 0.366 e. The minimum atomic E-state index is -5.64. The Balaban J connectivity index is 1.62. The fourth-order valence-corrected chi connectivity index (χ4v) is 5.46. The van der Waals surface area contributed by atoms with Gasteiger partial charge in [0, 0.05) is 30.7 Å². The first-order valence-corrected chi connectivity index (χ1v) is 13.1. The quantitative estimate of drug-likeness (QED) is 0.243. The molecule has 0 radical (unpaired) electrons. The van der Waals surface area contributed by atoms with Crippen LogP contribution >= 0.6 is 0 Å². The number of aromatic amines is 1. The van der Waals surface area contributed by atoms with Gasteiger partial charge in [0.25, 0.3) is 0 Å². The molecule has 2 atom stereocenters. The van der Waals surface area contributed by atoms with Crippen LogP contribution in [0.3, 0.4) is 0 Å². The second kappa shape index (κ2) is 11.5. The van der Waals surface area contributed by atoms with Crippen LogP contribution in [0.5, 0.6) is 0 Å². The Kier molecular flexibility index (Phi) is 8.57. The maximum absolute atomic E-state index is 14.0. The van der Waals surface area contributed by atoms with E-state index in [0.29, 0.717) is 28.0 Å². The van der Waals surface area contributed by atoms with Crippen molar-refractivity contribution in [2.45, 2.75) is 69.3 Å². The molecule has 4 N–H and O–H groups in total. The lowest BCUT2D eigenvalue weighted by Crippen LogP contribution is -2.41. The van der Waals surface area contributed by atoms with E-state index in [1.54, 1.807) is 24.3 Å². The van der Waals surface area contributed by atoms with Crippen molar-refractivity contribution < 1.29 is 44.7 Å². The molecular formula is C28H28F8N4O2. The van der Waals surface area contributed by atoms with Crippen molar-refractivity contribution >= 4 is 22.8 Å². The second-order valence-electron chi connectivity index (χ2n) is 10.7. The van der Waals surface area contributed by atoms with E-state index in [1.807, 2.05) is 0 Å². The Morgan fingerprint density at radius 3 is 2.26 bits per heavy atom. The number of benzene rings is 2. The van der Waals surface area contributed by atoms with E-state index >= 15 is 0 Å². The molecule has 14 heteroatoms. The SMILES string of the molecule is C[C@@H](NC(=O)CC(C(F)(F)F)C(F)(F)F)c1ccc2nc([C@H](c3ccccc3C(N)=O)C3CCC(F)(F)CC3)[nH]c2c1. The summed E-state index contributed by atoms with van der Waals surface area (Å²) in [6.07, 6.45) is -13.4. The molecule has 228 valence electrons. The minimum absolute atomic E-state index is 0.160. The third-order valence-corrected chi connectivity index (χ3v) is 7.67. The molecule has 0 bridgehead atoms. The third-order valence-electron chi connectivity index (χ3n) is 7.67. The van der Waals surface area contributed by atoms with Gasteiger partial charge in [0.05, 0.1) is 17.1 Å². The van der Waals surface area contributed by atoms with Crippen molar-refractivity contribution in [2.24, 2.45) is 17.6 Å². The summed E-state index contributed by atoms with van der Waals surface area (Å²) in [5, 5.41) is 2.17. The molecular weight excluding hydrogens is 576 g/mol. The zero-order valence-corrected chi connectivity index (χ0v) is 22.3. The molecule has 0 unspecified atom stereocenters. The number of fused-ring (bicyclic) bond motifs is 1. The zero-order chi connectivity index (χ0) is 31.0. The lowest BCUT2D eigenvalue weighted by atomic mass is 9.74. The van der Waals surface area contributed by atoms with Crippen LogP contribution in [-0.2, 0) is 4.79 Å². The van der Waals surface area contributed by atoms with Gasteiger partial charge in [0.15, 0.2) is 5.92 Å². The summed E-state index contributed by atoms with van der Waals surface area (Å²) in [5.74, 6) is -9.25. The fourth-order valence-electron chi connectivity index (χ4n) is 5.46. The molecule has 1 saturated carbocycles. The number of primary amides is 1. The highest BCUT2D eigenvalue weighted by atomic mass is 19.4. The minimum Gasteiger partial charge on any atom is -0.366 e. The predicted molar refractivity (Wildman–Crippen MR) is 137 cm³/mol. The fraction of sp³-hybridized carbons (Fsp3) is 0.464. The number of alkyl halides is 8. The van der Waals surface area contributed by atoms with Crippen LogP contribution in [-0.4, -0.2) is 40.1 Å². The molecule has 3 aromatic rings. The molecule has 1 aliphatic rings. The van der Waals surface area contributed by atoms with Crippen molar-refractivity contribution in [1.82, 2.24) is 15.3 Å². The molecule has 1 heterocycles. The Labute approximate surface area is 235 Å². The standard InChI is InChI=1S/C28H28F8N4O2/c1-14(38-22(41)13-21(27(31,32)33)28(34,35)36)16-6-7-19-20(12-16)40-25(39-19)23(15-8-10-26(29,30)11-9-15)17-4-2-3-5-18(17)24(37)42/h2-7,12,14-15,21,23H,8-11,13H2,1H3,(H2,37,42)(H,38,41)(H,39,40)/t14-,23+/m1/s1. The van der Waals surface area contributed by atoms with Gasteiger partial charge < -0.3 is 16.0 Å². The highest BCUT2D eigenvalue weighted by Gasteiger charge is 2.57. The molecule has 0 aliphatic heterocycles. The van der Waals surface area contributed by atoms with Gasteiger partial charge in [-0.05, 0) is 55.0 Å². The Bertz CT molecular complexity index is 1430. The van der Waals surface area contributed by atoms with E-state index in [4.69, 9.17) is 5.73 Å². The molecule has 2 aromatic carbocycles. The molecule has 2 amide bonds. The van der Waals surface area contributed by atoms with E-state index in [0.717, 1.165) is 0 Å². The number of aromatic nitrogens is 2. The largest absolute Gasteiger partial charge is 0.400 e. The van der Waals surface area contributed by atoms with E-state index in [1.165, 1.54) is 25.1 Å². The van der Waals surface area contributed by atoms with Crippen molar-refractivity contribution in [1.29, 1.82) is 0 Å². The van der Waals surface area contributed by atoms with Crippen LogP contribution < -0.4 is 11.1 Å². The maximum Gasteiger partial charge on any atom is 0.400 e. The Hall–Kier alpha value is -3.71. The number of hydrogen-bond donors (Lipinski definition) is 3. The van der Waals surface area contributed by atoms with E-state index in [9.17, 15) is 44.7 Å². The number of carbonyl (C=O) groups is 2. The topological polar surface area (TPSA) is 101 Å². The summed E-state index contributed by atoms with van der Waals surface area (Å²) in [6, 6.07) is 10.2. The van der Waals surface area contributed by atoms with Crippen LogP contribution in [0.25, 0.3) is 11.0 Å². The summed E-state index contributed by atoms with van der Waals surface area (Å²) < 4.78 is 105. The van der Waals surface area contributed by atoms with Gasteiger partial charge in [0.2, 0.25) is 17.7 Å². The first-order valence-electron chi connectivity index (χ1n) is 13.1. The third kappa shape index (κ3) is 7.01. The van der Waals surface area contributed by atoms with Gasteiger partial charge in [-0.2, -0.15) is 26.3 Å². The number of nitrogens with one attached hydrogen (secondary N) is 2. The molecule has 1 fully saturated rings. The van der Waals surface area contributed by atoms with Crippen LogP contribution in [0.1, 0.15) is 78.3 Å². The van der Waals surface area contributed by atoms with Gasteiger partial charge in [-0.1, -0.05) is 24.3 Å². The second-order valence-corrected chi connectivity index (χ2v) is 10.7. The first kappa shape index (κ1) is 31.2. The lowest BCUT2D eigenvalue weighted by Gasteiger charge is -2.33. The summed E-state index contributed by atoms with van der Waals surface area (Å²) in [5.41, 5.74) is 7.56. The maximum atomic E-state index is 14.0. The molecule has 1 aromatic heterocycles. The summed E-state index contributed by atoms with van der Waals surface area (Å²) in [4.78, 5) is 32.1. The van der Waals surface area contributed by atoms with Crippen molar-refractivity contribution in [3.8, 4) is 0 Å². The number of halogens is 8. The van der Waals surface area contributed by atoms with Gasteiger partial charge in [0.1, 0.15) is 5.82 Å². The van der Waals surface area contributed by atoms with Crippen molar-refractivity contribution in [3.63, 3.8) is 0 Å². The normalized spacial score (nSPS) is 17.8. The van der Waals surface area contributed by atoms with Crippen molar-refractivity contribution in [2.75, 3.05) is 0 Å². The number of nitrogens with zero attached hydrogens (tertiary/aromatic N) is 1. The average molecular weight is 605 g/mol. The number of H-pyrrole nitrogens is 1. The number of hydrogen-bond acceptors (Lipinski definition) is 3. The number of amides is 2. The zero-order valence-electron chi connectivity index (χ0n) is 22.3.